The van der Waals surface area contributed by atoms with E-state index in [-0.39, 0.29) is 5.69 Å². The van der Waals surface area contributed by atoms with Gasteiger partial charge in [-0.2, -0.15) is 8.78 Å². The smallest absolute Gasteiger partial charge is 0.286 e. The maximum atomic E-state index is 13.4. The quantitative estimate of drug-likeness (QED) is 0.216. The highest BCUT2D eigenvalue weighted by Gasteiger charge is 2.26. The summed E-state index contributed by atoms with van der Waals surface area (Å²) in [7, 11) is 0. The first-order valence-corrected chi connectivity index (χ1v) is 12.6. The van der Waals surface area contributed by atoms with Gasteiger partial charge in [0.1, 0.15) is 10.7 Å². The van der Waals surface area contributed by atoms with Crippen LogP contribution in [0.3, 0.4) is 0 Å². The number of hydrogen-bond acceptors (Lipinski definition) is 4. The zero-order valence-electron chi connectivity index (χ0n) is 19.5. The Bertz CT molecular complexity index is 1390. The molecule has 1 saturated heterocycles. The number of pyridine rings is 2. The molecule has 186 valence electrons. The Morgan fingerprint density at radius 3 is 2.36 bits per heavy atom. The molecule has 5 rings (SSSR count). The van der Waals surface area contributed by atoms with Gasteiger partial charge in [-0.1, -0.05) is 41.5 Å². The van der Waals surface area contributed by atoms with Crippen molar-refractivity contribution in [2.75, 3.05) is 26.2 Å². The lowest BCUT2D eigenvalue weighted by Crippen LogP contribution is -2.48. The molecule has 1 aromatic carbocycles. The molecule has 0 unspecified atom stereocenters. The van der Waals surface area contributed by atoms with E-state index in [9.17, 15) is 8.78 Å². The molecule has 0 bridgehead atoms. The van der Waals surface area contributed by atoms with Crippen molar-refractivity contribution in [3.8, 4) is 5.69 Å². The van der Waals surface area contributed by atoms with Crippen LogP contribution in [0.15, 0.2) is 61.1 Å². The van der Waals surface area contributed by atoms with Crippen LogP contribution in [0.25, 0.3) is 16.6 Å². The van der Waals surface area contributed by atoms with Gasteiger partial charge < -0.3 is 9.47 Å². The van der Waals surface area contributed by atoms with Crippen molar-refractivity contribution < 1.29 is 8.78 Å². The lowest BCUT2D eigenvalue weighted by molar-refractivity contribution is 0.0127. The van der Waals surface area contributed by atoms with Crippen molar-refractivity contribution in [1.82, 2.24) is 24.3 Å². The number of halogens is 4. The maximum Gasteiger partial charge on any atom is 0.286 e. The Hall–Kier alpha value is -2.65. The lowest BCUT2D eigenvalue weighted by Gasteiger charge is -2.36. The van der Waals surface area contributed by atoms with Crippen molar-refractivity contribution in [2.24, 2.45) is 0 Å². The molecule has 0 amide bonds. The molecule has 4 aromatic rings. The first-order valence-electron chi connectivity index (χ1n) is 11.5. The molecular weight excluding hydrogens is 523 g/mol. The van der Waals surface area contributed by atoms with E-state index >= 15 is 0 Å². The van der Waals surface area contributed by atoms with Crippen molar-refractivity contribution >= 4 is 51.3 Å². The fraction of sp³-hybridized carbons (Fsp3) is 0.269. The summed E-state index contributed by atoms with van der Waals surface area (Å²) in [5, 5.41) is 2.00. The van der Waals surface area contributed by atoms with Crippen LogP contribution in [0, 0.1) is 0 Å². The summed E-state index contributed by atoms with van der Waals surface area (Å²) in [6.07, 6.45) is 5.23. The highest BCUT2D eigenvalue weighted by atomic mass is 35.5. The van der Waals surface area contributed by atoms with Crippen molar-refractivity contribution in [1.29, 1.82) is 0 Å². The molecule has 10 heteroatoms. The summed E-state index contributed by atoms with van der Waals surface area (Å²) in [5.74, 6) is -2.93. The van der Waals surface area contributed by atoms with Crippen LogP contribution in [0.5, 0.6) is 0 Å². The van der Waals surface area contributed by atoms with Crippen LogP contribution in [-0.2, 0) is 12.5 Å². The first-order chi connectivity index (χ1) is 17.2. The van der Waals surface area contributed by atoms with Crippen LogP contribution in [-0.4, -0.2) is 55.5 Å². The molecule has 0 atom stereocenters. The maximum absolute atomic E-state index is 13.4. The Labute approximate surface area is 223 Å². The molecule has 5 nitrogen and oxygen atoms in total. The minimum Gasteiger partial charge on any atom is -0.360 e. The second-order valence-corrected chi connectivity index (χ2v) is 10.1. The number of thiocarbonyl (C=S) groups is 1. The molecule has 0 saturated carbocycles. The largest absolute Gasteiger partial charge is 0.360 e. The molecule has 0 spiro atoms. The molecule has 1 aliphatic rings. The highest BCUT2D eigenvalue weighted by molar-refractivity contribution is 7.80. The Kier molecular flexibility index (Phi) is 6.96. The molecule has 1 fully saturated rings. The third-order valence-electron chi connectivity index (χ3n) is 6.34. The van der Waals surface area contributed by atoms with Gasteiger partial charge in [0.15, 0.2) is 5.15 Å². The molecule has 4 heterocycles. The number of hydrogen-bond donors (Lipinski definition) is 0. The first kappa shape index (κ1) is 25.0. The van der Waals surface area contributed by atoms with Crippen LogP contribution in [0.2, 0.25) is 10.2 Å². The topological polar surface area (TPSA) is 37.2 Å². The zero-order chi connectivity index (χ0) is 25.4. The predicted molar refractivity (Wildman–Crippen MR) is 143 cm³/mol. The zero-order valence-corrected chi connectivity index (χ0v) is 21.8. The number of piperazine rings is 1. The van der Waals surface area contributed by atoms with Gasteiger partial charge in [0.25, 0.3) is 5.92 Å². The standard InChI is InChI=1S/C26H23Cl2F2N5S/c1-26(29,30)22-7-2-17(14-32-22)15-33-10-12-34(13-11-33)25(36)21-16-35(19-5-3-18(27)4-6-19)23-20(21)8-9-31-24(23)28/h2-9,14,16H,10-13,15H2,1H3. The van der Waals surface area contributed by atoms with Crippen molar-refractivity contribution in [3.63, 3.8) is 0 Å². The molecule has 0 radical (unpaired) electrons. The Morgan fingerprint density at radius 2 is 1.72 bits per heavy atom. The fourth-order valence-corrected chi connectivity index (χ4v) is 5.15. The van der Waals surface area contributed by atoms with Gasteiger partial charge in [-0.3, -0.25) is 9.88 Å². The molecule has 36 heavy (non-hydrogen) atoms. The average Bonchev–Trinajstić information content (AvgIpc) is 3.25. The fourth-order valence-electron chi connectivity index (χ4n) is 4.43. The molecule has 0 N–H and O–H groups in total. The monoisotopic (exact) mass is 545 g/mol. The summed E-state index contributed by atoms with van der Waals surface area (Å²) in [6, 6.07) is 12.6. The number of rotatable bonds is 5. The predicted octanol–water partition coefficient (Wildman–Crippen LogP) is 6.33. The van der Waals surface area contributed by atoms with Gasteiger partial charge in [0.05, 0.1) is 5.52 Å². The van der Waals surface area contributed by atoms with E-state index in [4.69, 9.17) is 35.4 Å². The number of fused-ring (bicyclic) bond motifs is 1. The van der Waals surface area contributed by atoms with Gasteiger partial charge in [-0.25, -0.2) is 4.98 Å². The Morgan fingerprint density at radius 1 is 1.00 bits per heavy atom. The van der Waals surface area contributed by atoms with E-state index in [1.807, 2.05) is 41.1 Å². The van der Waals surface area contributed by atoms with Gasteiger partial charge in [-0.15, -0.1) is 0 Å². The van der Waals surface area contributed by atoms with Gasteiger partial charge in [-0.05, 0) is 42.0 Å². The van der Waals surface area contributed by atoms with Gasteiger partial charge >= 0.3 is 0 Å². The Balaban J connectivity index is 1.32. The van der Waals surface area contributed by atoms with Crippen molar-refractivity contribution in [3.05, 3.63) is 88.1 Å². The molecule has 1 aliphatic heterocycles. The number of alkyl halides is 2. The molecule has 0 aliphatic carbocycles. The summed E-state index contributed by atoms with van der Waals surface area (Å²) < 4.78 is 28.9. The van der Waals surface area contributed by atoms with E-state index in [0.717, 1.165) is 65.8 Å². The van der Waals surface area contributed by atoms with Crippen LogP contribution < -0.4 is 0 Å². The number of nitrogens with zero attached hydrogens (tertiary/aromatic N) is 5. The van der Waals surface area contributed by atoms with E-state index in [0.29, 0.717) is 16.7 Å². The SMILES string of the molecule is CC(F)(F)c1ccc(CN2CCN(C(=S)c3cn(-c4ccc(Cl)cc4)c4c(Cl)nccc34)CC2)cn1. The van der Waals surface area contributed by atoms with Crippen LogP contribution in [0.1, 0.15) is 23.7 Å². The summed E-state index contributed by atoms with van der Waals surface area (Å²) >= 11 is 18.5. The normalized spacial score (nSPS) is 15.0. The lowest BCUT2D eigenvalue weighted by atomic mass is 10.1. The van der Waals surface area contributed by atoms with E-state index in [2.05, 4.69) is 19.8 Å². The third kappa shape index (κ3) is 5.09. The average molecular weight is 546 g/mol. The number of benzene rings is 1. The van der Waals surface area contributed by atoms with E-state index in [1.165, 1.54) is 12.3 Å². The van der Waals surface area contributed by atoms with Crippen molar-refractivity contribution in [2.45, 2.75) is 19.4 Å². The minimum absolute atomic E-state index is 0.213. The van der Waals surface area contributed by atoms with Gasteiger partial charge in [0, 0.05) is 79.9 Å². The highest BCUT2D eigenvalue weighted by Crippen LogP contribution is 2.31. The summed E-state index contributed by atoms with van der Waals surface area (Å²) in [5.41, 5.74) is 3.33. The van der Waals surface area contributed by atoms with E-state index in [1.54, 1.807) is 12.3 Å². The number of aromatic nitrogens is 3. The van der Waals surface area contributed by atoms with E-state index < -0.39 is 5.92 Å². The second kappa shape index (κ2) is 10.0. The summed E-state index contributed by atoms with van der Waals surface area (Å²) in [6.45, 7) is 4.61. The van der Waals surface area contributed by atoms with Crippen LogP contribution in [0.4, 0.5) is 8.78 Å². The third-order valence-corrected chi connectivity index (χ3v) is 7.35. The summed E-state index contributed by atoms with van der Waals surface area (Å²) in [4.78, 5) is 13.4. The molecule has 3 aromatic heterocycles. The van der Waals surface area contributed by atoms with Gasteiger partial charge in [0.2, 0.25) is 0 Å². The minimum atomic E-state index is -2.93. The molecular formula is C26H23Cl2F2N5S. The van der Waals surface area contributed by atoms with Crippen LogP contribution >= 0.6 is 35.4 Å². The second-order valence-electron chi connectivity index (χ2n) is 8.90.